The van der Waals surface area contributed by atoms with Crippen LogP contribution in [0.5, 0.6) is 0 Å². The quantitative estimate of drug-likeness (QED) is 0.926. The zero-order valence-corrected chi connectivity index (χ0v) is 13.9. The third-order valence-corrected chi connectivity index (χ3v) is 4.37. The van der Waals surface area contributed by atoms with Crippen molar-refractivity contribution in [2.75, 3.05) is 12.4 Å². The molecule has 1 aromatic heterocycles. The second-order valence-corrected chi connectivity index (χ2v) is 6.06. The van der Waals surface area contributed by atoms with E-state index in [-0.39, 0.29) is 23.1 Å². The van der Waals surface area contributed by atoms with E-state index in [2.05, 4.69) is 10.4 Å². The molecule has 0 bridgehead atoms. The van der Waals surface area contributed by atoms with Crippen LogP contribution < -0.4 is 5.32 Å². The maximum absolute atomic E-state index is 13.9. The van der Waals surface area contributed by atoms with Crippen LogP contribution in [0.2, 0.25) is 0 Å². The van der Waals surface area contributed by atoms with Gasteiger partial charge in [-0.25, -0.2) is 8.78 Å². The molecule has 2 aromatic rings. The number of amides is 2. The lowest BCUT2D eigenvalue weighted by Gasteiger charge is -2.31. The summed E-state index contributed by atoms with van der Waals surface area (Å²) in [6.45, 7) is 0. The van der Waals surface area contributed by atoms with E-state index in [0.29, 0.717) is 25.1 Å². The van der Waals surface area contributed by atoms with Gasteiger partial charge in [0.1, 0.15) is 23.5 Å². The van der Waals surface area contributed by atoms with Gasteiger partial charge in [0.15, 0.2) is 0 Å². The number of halogens is 2. The van der Waals surface area contributed by atoms with Crippen molar-refractivity contribution in [2.45, 2.75) is 25.3 Å². The number of hydrogen-bond acceptors (Lipinski definition) is 3. The minimum Gasteiger partial charge on any atom is -0.334 e. The van der Waals surface area contributed by atoms with E-state index in [4.69, 9.17) is 0 Å². The van der Waals surface area contributed by atoms with Gasteiger partial charge in [-0.05, 0) is 25.0 Å². The molecule has 25 heavy (non-hydrogen) atoms. The molecule has 2 heterocycles. The summed E-state index contributed by atoms with van der Waals surface area (Å²) in [6.07, 6.45) is 1.70. The Morgan fingerprint density at radius 1 is 1.28 bits per heavy atom. The van der Waals surface area contributed by atoms with Gasteiger partial charge in [0.2, 0.25) is 11.8 Å². The number of rotatable bonds is 3. The number of anilines is 1. The Labute approximate surface area is 143 Å². The number of benzene rings is 1. The monoisotopic (exact) mass is 348 g/mol. The summed E-state index contributed by atoms with van der Waals surface area (Å²) in [5.41, 5.74) is 0.422. The van der Waals surface area contributed by atoms with Crippen LogP contribution in [0, 0.1) is 11.6 Å². The molecular formula is C17H18F2N4O2. The average molecular weight is 348 g/mol. The van der Waals surface area contributed by atoms with Crippen LogP contribution in [0.25, 0.3) is 11.3 Å². The Bertz CT molecular complexity index is 834. The molecule has 1 saturated heterocycles. The highest BCUT2D eigenvalue weighted by molar-refractivity contribution is 5.97. The van der Waals surface area contributed by atoms with E-state index < -0.39 is 17.7 Å². The number of nitrogens with zero attached hydrogens (tertiary/aromatic N) is 3. The van der Waals surface area contributed by atoms with Gasteiger partial charge in [-0.3, -0.25) is 14.3 Å². The van der Waals surface area contributed by atoms with E-state index in [9.17, 15) is 18.4 Å². The predicted octanol–water partition coefficient (Wildman–Crippen LogP) is 2.31. The Hall–Kier alpha value is -2.77. The number of aryl methyl sites for hydroxylation is 1. The van der Waals surface area contributed by atoms with E-state index in [1.165, 1.54) is 21.7 Å². The van der Waals surface area contributed by atoms with Crippen molar-refractivity contribution >= 4 is 17.6 Å². The molecule has 0 saturated carbocycles. The van der Waals surface area contributed by atoms with Gasteiger partial charge in [0.05, 0.1) is 5.69 Å². The van der Waals surface area contributed by atoms with E-state index >= 15 is 0 Å². The van der Waals surface area contributed by atoms with Gasteiger partial charge in [0, 0.05) is 38.2 Å². The topological polar surface area (TPSA) is 67.2 Å². The van der Waals surface area contributed by atoms with Crippen molar-refractivity contribution in [1.29, 1.82) is 0 Å². The third-order valence-electron chi connectivity index (χ3n) is 4.37. The summed E-state index contributed by atoms with van der Waals surface area (Å²) in [4.78, 5) is 25.6. The van der Waals surface area contributed by atoms with Gasteiger partial charge >= 0.3 is 0 Å². The Morgan fingerprint density at radius 3 is 2.76 bits per heavy atom. The zero-order chi connectivity index (χ0) is 18.1. The number of aromatic nitrogens is 2. The van der Waals surface area contributed by atoms with Gasteiger partial charge < -0.3 is 10.2 Å². The lowest BCUT2D eigenvalue weighted by molar-refractivity contribution is -0.140. The van der Waals surface area contributed by atoms with Crippen molar-refractivity contribution in [3.8, 4) is 11.3 Å². The first kappa shape index (κ1) is 17.1. The average Bonchev–Trinajstić information content (AvgIpc) is 2.90. The molecule has 1 aliphatic heterocycles. The van der Waals surface area contributed by atoms with Crippen LogP contribution in [0.4, 0.5) is 14.6 Å². The maximum Gasteiger partial charge on any atom is 0.248 e. The summed E-state index contributed by atoms with van der Waals surface area (Å²) in [5.74, 6) is -1.41. The normalized spacial score (nSPS) is 17.7. The molecule has 1 aromatic carbocycles. The fourth-order valence-corrected chi connectivity index (χ4v) is 2.92. The Kier molecular flexibility index (Phi) is 4.52. The first-order chi connectivity index (χ1) is 11.9. The van der Waals surface area contributed by atoms with Crippen LogP contribution >= 0.6 is 0 Å². The Balaban J connectivity index is 1.81. The SMILES string of the molecule is CN1C(=O)CCCC1C(=O)Nc1cc(-c2ccc(F)cc2F)nn1C. The van der Waals surface area contributed by atoms with Gasteiger partial charge in [-0.15, -0.1) is 0 Å². The number of likely N-dealkylation sites (N-methyl/N-ethyl adjacent to an activating group) is 1. The molecule has 3 rings (SSSR count). The van der Waals surface area contributed by atoms with Crippen LogP contribution in [-0.2, 0) is 16.6 Å². The second-order valence-electron chi connectivity index (χ2n) is 6.06. The molecule has 1 unspecified atom stereocenters. The van der Waals surface area contributed by atoms with Crippen molar-refractivity contribution in [3.63, 3.8) is 0 Å². The molecular weight excluding hydrogens is 330 g/mol. The molecule has 132 valence electrons. The lowest BCUT2D eigenvalue weighted by atomic mass is 10.0. The standard InChI is InChI=1S/C17H18F2N4O2/c1-22-14(4-3-5-16(22)24)17(25)20-15-9-13(21-23(15)2)11-7-6-10(18)8-12(11)19/h6-9,14H,3-5H2,1-2H3,(H,20,25). The summed E-state index contributed by atoms with van der Waals surface area (Å²) >= 11 is 0. The number of nitrogens with one attached hydrogen (secondary N) is 1. The largest absolute Gasteiger partial charge is 0.334 e. The van der Waals surface area contributed by atoms with Gasteiger partial charge in [-0.2, -0.15) is 5.10 Å². The molecule has 6 nitrogen and oxygen atoms in total. The van der Waals surface area contributed by atoms with Crippen molar-refractivity contribution in [1.82, 2.24) is 14.7 Å². The molecule has 0 aliphatic carbocycles. The Morgan fingerprint density at radius 2 is 2.04 bits per heavy atom. The third kappa shape index (κ3) is 3.38. The summed E-state index contributed by atoms with van der Waals surface area (Å²) in [5, 5.41) is 6.89. The molecule has 2 amide bonds. The first-order valence-corrected chi connectivity index (χ1v) is 7.93. The minimum absolute atomic E-state index is 0.0644. The molecule has 1 fully saturated rings. The lowest BCUT2D eigenvalue weighted by Crippen LogP contribution is -2.47. The molecule has 0 spiro atoms. The van der Waals surface area contributed by atoms with Crippen LogP contribution in [0.3, 0.4) is 0 Å². The highest BCUT2D eigenvalue weighted by Crippen LogP contribution is 2.25. The zero-order valence-electron chi connectivity index (χ0n) is 13.9. The number of carbonyl (C=O) groups excluding carboxylic acids is 2. The van der Waals surface area contributed by atoms with Crippen molar-refractivity contribution in [2.24, 2.45) is 7.05 Å². The van der Waals surface area contributed by atoms with Crippen molar-refractivity contribution in [3.05, 3.63) is 35.9 Å². The van der Waals surface area contributed by atoms with Crippen LogP contribution in [0.1, 0.15) is 19.3 Å². The van der Waals surface area contributed by atoms with Crippen LogP contribution in [0.15, 0.2) is 24.3 Å². The first-order valence-electron chi connectivity index (χ1n) is 7.93. The smallest absolute Gasteiger partial charge is 0.248 e. The van der Waals surface area contributed by atoms with E-state index in [0.717, 1.165) is 12.1 Å². The fourth-order valence-electron chi connectivity index (χ4n) is 2.92. The van der Waals surface area contributed by atoms with Crippen molar-refractivity contribution < 1.29 is 18.4 Å². The maximum atomic E-state index is 13.9. The fraction of sp³-hybridized carbons (Fsp3) is 0.353. The molecule has 1 aliphatic rings. The summed E-state index contributed by atoms with van der Waals surface area (Å²) < 4.78 is 28.3. The van der Waals surface area contributed by atoms with Gasteiger partial charge in [-0.1, -0.05) is 0 Å². The highest BCUT2D eigenvalue weighted by Gasteiger charge is 2.30. The van der Waals surface area contributed by atoms with Gasteiger partial charge in [0.25, 0.3) is 0 Å². The predicted molar refractivity (Wildman–Crippen MR) is 87.6 cm³/mol. The molecule has 0 radical (unpaired) electrons. The molecule has 1 N–H and O–H groups in total. The summed E-state index contributed by atoms with van der Waals surface area (Å²) in [6, 6.07) is 4.20. The highest BCUT2D eigenvalue weighted by atomic mass is 19.1. The number of likely N-dealkylation sites (tertiary alicyclic amines) is 1. The van der Waals surface area contributed by atoms with E-state index in [1.54, 1.807) is 14.1 Å². The summed E-state index contributed by atoms with van der Waals surface area (Å²) in [7, 11) is 3.21. The number of carbonyl (C=O) groups is 2. The van der Waals surface area contributed by atoms with E-state index in [1.807, 2.05) is 0 Å². The number of hydrogen-bond donors (Lipinski definition) is 1. The second kappa shape index (κ2) is 6.62. The number of piperidine rings is 1. The molecule has 1 atom stereocenters. The van der Waals surface area contributed by atoms with Crippen LogP contribution in [-0.4, -0.2) is 39.6 Å². The minimum atomic E-state index is -0.728. The molecule has 8 heteroatoms.